The highest BCUT2D eigenvalue weighted by Crippen LogP contribution is 2.33. The molecule has 1 aliphatic rings. The highest BCUT2D eigenvalue weighted by Gasteiger charge is 2.40. The minimum atomic E-state index is -0.412. The molecule has 1 rings (SSSR count). The second-order valence-corrected chi connectivity index (χ2v) is 6.49. The molecule has 120 valence electrons. The van der Waals surface area contributed by atoms with Gasteiger partial charge in [-0.15, -0.1) is 0 Å². The number of hydrogen-bond donors (Lipinski definition) is 1. The van der Waals surface area contributed by atoms with Crippen LogP contribution in [0.3, 0.4) is 0 Å². The van der Waals surface area contributed by atoms with E-state index in [4.69, 9.17) is 14.6 Å². The predicted octanol–water partition coefficient (Wildman–Crippen LogP) is 4.42. The molecule has 0 spiro atoms. The summed E-state index contributed by atoms with van der Waals surface area (Å²) in [4.78, 5) is 0. The Morgan fingerprint density at radius 1 is 0.800 bits per heavy atom. The van der Waals surface area contributed by atoms with Gasteiger partial charge in [-0.1, -0.05) is 51.9 Å². The largest absolute Gasteiger partial charge is 0.396 e. The van der Waals surface area contributed by atoms with Crippen LogP contribution in [0.15, 0.2) is 0 Å². The Hall–Kier alpha value is -0.120. The monoisotopic (exact) mass is 286 g/mol. The van der Waals surface area contributed by atoms with Crippen LogP contribution in [0.25, 0.3) is 0 Å². The van der Waals surface area contributed by atoms with E-state index in [0.717, 1.165) is 25.7 Å². The molecule has 2 atom stereocenters. The van der Waals surface area contributed by atoms with Gasteiger partial charge in [0.2, 0.25) is 0 Å². The van der Waals surface area contributed by atoms with E-state index in [1.54, 1.807) is 0 Å². The zero-order valence-corrected chi connectivity index (χ0v) is 13.7. The third kappa shape index (κ3) is 7.05. The third-order valence-electron chi connectivity index (χ3n) is 4.02. The summed E-state index contributed by atoms with van der Waals surface area (Å²) in [6.07, 6.45) is 12.3. The van der Waals surface area contributed by atoms with E-state index < -0.39 is 5.79 Å². The van der Waals surface area contributed by atoms with Crippen LogP contribution in [0, 0.1) is 0 Å². The van der Waals surface area contributed by atoms with Gasteiger partial charge in [0.1, 0.15) is 0 Å². The van der Waals surface area contributed by atoms with Gasteiger partial charge in [0.25, 0.3) is 0 Å². The summed E-state index contributed by atoms with van der Waals surface area (Å²) in [5.41, 5.74) is 0. The third-order valence-corrected chi connectivity index (χ3v) is 4.02. The molecule has 0 aromatic heterocycles. The first-order chi connectivity index (χ1) is 9.59. The molecule has 0 aliphatic carbocycles. The topological polar surface area (TPSA) is 38.7 Å². The summed E-state index contributed by atoms with van der Waals surface area (Å²) >= 11 is 0. The first kappa shape index (κ1) is 17.9. The highest BCUT2D eigenvalue weighted by atomic mass is 16.7. The van der Waals surface area contributed by atoms with Crippen LogP contribution in [0.5, 0.6) is 0 Å². The zero-order chi connectivity index (χ0) is 14.8. The molecule has 3 heteroatoms. The van der Waals surface area contributed by atoms with Crippen LogP contribution < -0.4 is 0 Å². The number of rotatable bonds is 11. The van der Waals surface area contributed by atoms with Crippen molar-refractivity contribution in [3.05, 3.63) is 0 Å². The molecule has 0 unspecified atom stereocenters. The van der Waals surface area contributed by atoms with Gasteiger partial charge in [0.15, 0.2) is 5.79 Å². The Morgan fingerprint density at radius 2 is 1.30 bits per heavy atom. The Bertz CT molecular complexity index is 240. The fraction of sp³-hybridized carbons (Fsp3) is 1.00. The molecule has 0 aromatic rings. The first-order valence-corrected chi connectivity index (χ1v) is 8.55. The van der Waals surface area contributed by atoms with Crippen LogP contribution >= 0.6 is 0 Å². The van der Waals surface area contributed by atoms with Crippen LogP contribution in [-0.4, -0.2) is 29.7 Å². The number of aliphatic hydroxyl groups excluding tert-OH is 1. The average molecular weight is 286 g/mol. The lowest BCUT2D eigenvalue weighted by molar-refractivity contribution is -0.147. The van der Waals surface area contributed by atoms with Crippen LogP contribution in [-0.2, 0) is 9.47 Å². The lowest BCUT2D eigenvalue weighted by Crippen LogP contribution is -2.22. The smallest absolute Gasteiger partial charge is 0.163 e. The fourth-order valence-electron chi connectivity index (χ4n) is 2.98. The van der Waals surface area contributed by atoms with Crippen molar-refractivity contribution in [2.75, 3.05) is 6.61 Å². The predicted molar refractivity (Wildman–Crippen MR) is 82.8 cm³/mol. The summed E-state index contributed by atoms with van der Waals surface area (Å²) in [5, 5.41) is 8.78. The molecule has 20 heavy (non-hydrogen) atoms. The molecular weight excluding hydrogens is 252 g/mol. The van der Waals surface area contributed by atoms with Crippen molar-refractivity contribution >= 4 is 0 Å². The van der Waals surface area contributed by atoms with Gasteiger partial charge in [-0.2, -0.15) is 0 Å². The Morgan fingerprint density at radius 3 is 1.80 bits per heavy atom. The van der Waals surface area contributed by atoms with Gasteiger partial charge in [-0.3, -0.25) is 0 Å². The fourth-order valence-corrected chi connectivity index (χ4v) is 2.98. The normalized spacial score (nSPS) is 25.2. The quantitative estimate of drug-likeness (QED) is 0.571. The lowest BCUT2D eigenvalue weighted by Gasteiger charge is -2.16. The number of ether oxygens (including phenoxy) is 2. The summed E-state index contributed by atoms with van der Waals surface area (Å²) in [7, 11) is 0. The molecule has 0 amide bonds. The molecule has 1 heterocycles. The van der Waals surface area contributed by atoms with Crippen molar-refractivity contribution < 1.29 is 14.6 Å². The molecule has 1 aliphatic heterocycles. The van der Waals surface area contributed by atoms with E-state index in [0.29, 0.717) is 6.61 Å². The molecular formula is C17H34O3. The molecule has 1 saturated heterocycles. The minimum Gasteiger partial charge on any atom is -0.396 e. The van der Waals surface area contributed by atoms with Crippen molar-refractivity contribution in [1.29, 1.82) is 0 Å². The molecule has 3 nitrogen and oxygen atoms in total. The van der Waals surface area contributed by atoms with Crippen molar-refractivity contribution in [1.82, 2.24) is 0 Å². The molecule has 0 aromatic carbocycles. The Balaban J connectivity index is 2.25. The van der Waals surface area contributed by atoms with Gasteiger partial charge >= 0.3 is 0 Å². The molecule has 1 N–H and O–H groups in total. The number of aliphatic hydroxyl groups is 1. The van der Waals surface area contributed by atoms with E-state index >= 15 is 0 Å². The number of unbranched alkanes of at least 4 members (excludes halogenated alkanes) is 6. The highest BCUT2D eigenvalue weighted by molar-refractivity contribution is 4.81. The van der Waals surface area contributed by atoms with Crippen molar-refractivity contribution in [2.24, 2.45) is 0 Å². The van der Waals surface area contributed by atoms with Gasteiger partial charge in [-0.25, -0.2) is 0 Å². The zero-order valence-electron chi connectivity index (χ0n) is 13.7. The van der Waals surface area contributed by atoms with E-state index in [1.165, 1.54) is 38.5 Å². The van der Waals surface area contributed by atoms with Gasteiger partial charge in [-0.05, 0) is 33.1 Å². The standard InChI is InChI=1S/C17H34O3/c1-4-5-6-9-12-15-16(20-17(2,3)19-15)13-10-7-8-11-14-18/h15-16,18H,4-14H2,1-3H3/t15-,16-/m1/s1. The maximum Gasteiger partial charge on any atom is 0.163 e. The second kappa shape index (κ2) is 9.75. The second-order valence-electron chi connectivity index (χ2n) is 6.49. The van der Waals surface area contributed by atoms with Crippen molar-refractivity contribution in [2.45, 2.75) is 103 Å². The average Bonchev–Trinajstić information content (AvgIpc) is 2.69. The van der Waals surface area contributed by atoms with Crippen LogP contribution in [0.2, 0.25) is 0 Å². The van der Waals surface area contributed by atoms with Gasteiger partial charge in [0, 0.05) is 6.61 Å². The maximum absolute atomic E-state index is 8.78. The van der Waals surface area contributed by atoms with E-state index in [-0.39, 0.29) is 12.2 Å². The molecule has 0 bridgehead atoms. The molecule has 0 saturated carbocycles. The van der Waals surface area contributed by atoms with Gasteiger partial charge in [0.05, 0.1) is 12.2 Å². The summed E-state index contributed by atoms with van der Waals surface area (Å²) in [6, 6.07) is 0. The summed E-state index contributed by atoms with van der Waals surface area (Å²) < 4.78 is 12.1. The van der Waals surface area contributed by atoms with Gasteiger partial charge < -0.3 is 14.6 Å². The van der Waals surface area contributed by atoms with Crippen molar-refractivity contribution in [3.63, 3.8) is 0 Å². The van der Waals surface area contributed by atoms with E-state index in [9.17, 15) is 0 Å². The maximum atomic E-state index is 8.78. The van der Waals surface area contributed by atoms with Crippen molar-refractivity contribution in [3.8, 4) is 0 Å². The van der Waals surface area contributed by atoms with E-state index in [1.807, 2.05) is 13.8 Å². The molecule has 0 radical (unpaired) electrons. The lowest BCUT2D eigenvalue weighted by atomic mass is 10.0. The Kier molecular flexibility index (Phi) is 8.74. The molecule has 1 fully saturated rings. The Labute approximate surface area is 125 Å². The minimum absolute atomic E-state index is 0.265. The SMILES string of the molecule is CCCCCC[C@H]1OC(C)(C)O[C@@H]1CCCCCCO. The summed E-state index contributed by atoms with van der Waals surface area (Å²) in [5.74, 6) is -0.412. The first-order valence-electron chi connectivity index (χ1n) is 8.55. The van der Waals surface area contributed by atoms with E-state index in [2.05, 4.69) is 6.92 Å². The summed E-state index contributed by atoms with van der Waals surface area (Å²) in [6.45, 7) is 6.61. The van der Waals surface area contributed by atoms with Crippen LogP contribution in [0.4, 0.5) is 0 Å². The van der Waals surface area contributed by atoms with Crippen LogP contribution in [0.1, 0.15) is 85.0 Å². The number of hydrogen-bond acceptors (Lipinski definition) is 3.